The monoisotopic (exact) mass is 305 g/mol. The van der Waals surface area contributed by atoms with Gasteiger partial charge in [-0.05, 0) is 30.3 Å². The highest BCUT2D eigenvalue weighted by Gasteiger charge is 2.15. The number of fused-ring (bicyclic) bond motifs is 1. The average molecular weight is 306 g/mol. The summed E-state index contributed by atoms with van der Waals surface area (Å²) in [6.07, 6.45) is 0. The van der Waals surface area contributed by atoms with Crippen molar-refractivity contribution >= 4 is 40.0 Å². The summed E-state index contributed by atoms with van der Waals surface area (Å²) in [6.45, 7) is 0. The summed E-state index contributed by atoms with van der Waals surface area (Å²) in [5.41, 5.74) is 0.841. The Morgan fingerprint density at radius 2 is 2.05 bits per heavy atom. The predicted octanol–water partition coefficient (Wildman–Crippen LogP) is 4.44. The van der Waals surface area contributed by atoms with Crippen LogP contribution in [-0.2, 0) is 0 Å². The first-order valence-corrected chi connectivity index (χ1v) is 6.85. The zero-order chi connectivity index (χ0) is 14.1. The lowest BCUT2D eigenvalue weighted by atomic mass is 10.2. The minimum Gasteiger partial charge on any atom is -0.478 e. The van der Waals surface area contributed by atoms with E-state index in [-0.39, 0.29) is 11.3 Å². The van der Waals surface area contributed by atoms with Crippen molar-refractivity contribution in [1.82, 2.24) is 4.37 Å². The molecule has 0 amide bonds. The molecule has 1 N–H and O–H groups in total. The Morgan fingerprint density at radius 1 is 1.25 bits per heavy atom. The van der Waals surface area contributed by atoms with Gasteiger partial charge in [0, 0.05) is 16.6 Å². The zero-order valence-corrected chi connectivity index (χ0v) is 11.6. The van der Waals surface area contributed by atoms with Gasteiger partial charge in [-0.15, -0.1) is 0 Å². The molecule has 100 valence electrons. The van der Waals surface area contributed by atoms with Gasteiger partial charge in [-0.2, -0.15) is 4.37 Å². The highest BCUT2D eigenvalue weighted by molar-refractivity contribution is 7.09. The van der Waals surface area contributed by atoms with Crippen molar-refractivity contribution in [3.63, 3.8) is 0 Å². The van der Waals surface area contributed by atoms with E-state index in [1.165, 1.54) is 17.6 Å². The minimum absolute atomic E-state index is 0.0231. The van der Waals surface area contributed by atoms with E-state index in [4.69, 9.17) is 16.3 Å². The number of aromatic carboxylic acids is 1. The van der Waals surface area contributed by atoms with E-state index < -0.39 is 5.97 Å². The number of ether oxygens (including phenoxy) is 1. The number of carboxylic acids is 1. The number of carbonyl (C=O) groups is 1. The quantitative estimate of drug-likeness (QED) is 0.777. The predicted molar refractivity (Wildman–Crippen MR) is 78.1 cm³/mol. The highest BCUT2D eigenvalue weighted by atomic mass is 35.5. The maximum absolute atomic E-state index is 11.2. The van der Waals surface area contributed by atoms with E-state index in [0.717, 1.165) is 10.9 Å². The molecule has 0 fully saturated rings. The Bertz CT molecular complexity index is 800. The van der Waals surface area contributed by atoms with Crippen molar-refractivity contribution in [2.45, 2.75) is 0 Å². The molecule has 1 aromatic heterocycles. The lowest BCUT2D eigenvalue weighted by Gasteiger charge is -2.07. The van der Waals surface area contributed by atoms with E-state index in [0.29, 0.717) is 10.1 Å². The Labute approximate surface area is 123 Å². The normalized spacial score (nSPS) is 10.7. The molecular formula is C14H8ClNO3S. The molecule has 0 saturated heterocycles. The number of benzene rings is 2. The molecule has 2 aromatic carbocycles. The minimum atomic E-state index is -1.09. The fraction of sp³-hybridized carbons (Fsp3) is 0. The molecule has 3 aromatic rings. The summed E-state index contributed by atoms with van der Waals surface area (Å²) in [5, 5.41) is 10.9. The van der Waals surface area contributed by atoms with E-state index in [1.807, 2.05) is 24.3 Å². The van der Waals surface area contributed by atoms with Gasteiger partial charge in [0.1, 0.15) is 11.3 Å². The van der Waals surface area contributed by atoms with Crippen molar-refractivity contribution in [3.8, 4) is 10.8 Å². The first-order valence-electron chi connectivity index (χ1n) is 5.70. The van der Waals surface area contributed by atoms with Crippen LogP contribution in [0.5, 0.6) is 10.8 Å². The lowest BCUT2D eigenvalue weighted by Crippen LogP contribution is -1.99. The van der Waals surface area contributed by atoms with Crippen LogP contribution in [0.3, 0.4) is 0 Å². The number of nitrogens with zero attached hydrogens (tertiary/aromatic N) is 1. The number of aromatic nitrogens is 1. The van der Waals surface area contributed by atoms with Gasteiger partial charge in [0.15, 0.2) is 0 Å². The summed E-state index contributed by atoms with van der Waals surface area (Å²) in [7, 11) is 0. The van der Waals surface area contributed by atoms with Crippen LogP contribution in [0.15, 0.2) is 42.5 Å². The Hall–Kier alpha value is -2.11. The summed E-state index contributed by atoms with van der Waals surface area (Å²) < 4.78 is 9.95. The summed E-state index contributed by atoms with van der Waals surface area (Å²) in [4.78, 5) is 11.2. The molecule has 6 heteroatoms. The molecule has 0 atom stereocenters. The Balaban J connectivity index is 2.05. The number of hydrogen-bond donors (Lipinski definition) is 1. The second kappa shape index (κ2) is 5.11. The van der Waals surface area contributed by atoms with Crippen LogP contribution in [-0.4, -0.2) is 15.4 Å². The lowest BCUT2D eigenvalue weighted by molar-refractivity contribution is 0.0694. The van der Waals surface area contributed by atoms with E-state index in [2.05, 4.69) is 4.37 Å². The van der Waals surface area contributed by atoms with Crippen molar-refractivity contribution in [2.24, 2.45) is 0 Å². The molecule has 3 rings (SSSR count). The van der Waals surface area contributed by atoms with E-state index >= 15 is 0 Å². The Morgan fingerprint density at radius 3 is 2.85 bits per heavy atom. The van der Waals surface area contributed by atoms with Crippen LogP contribution in [0, 0.1) is 0 Å². The van der Waals surface area contributed by atoms with Gasteiger partial charge in [-0.1, -0.05) is 23.7 Å². The molecule has 0 bridgehead atoms. The number of hydrogen-bond acceptors (Lipinski definition) is 4. The zero-order valence-electron chi connectivity index (χ0n) is 10.0. The summed E-state index contributed by atoms with van der Waals surface area (Å²) in [6, 6.07) is 12.0. The van der Waals surface area contributed by atoms with Crippen molar-refractivity contribution in [2.75, 3.05) is 0 Å². The summed E-state index contributed by atoms with van der Waals surface area (Å²) in [5.74, 6) is -0.840. The molecule has 0 aliphatic heterocycles. The topological polar surface area (TPSA) is 59.4 Å². The maximum atomic E-state index is 11.2. The van der Waals surface area contributed by atoms with Gasteiger partial charge in [-0.3, -0.25) is 0 Å². The average Bonchev–Trinajstić information content (AvgIpc) is 2.84. The molecule has 0 saturated carbocycles. The number of carboxylic acid groups (broad SMARTS) is 1. The SMILES string of the molecule is O=C(O)c1cc(Cl)ccc1Oc1snc2ccccc12. The third kappa shape index (κ3) is 2.33. The van der Waals surface area contributed by atoms with Gasteiger partial charge in [0.05, 0.1) is 10.9 Å². The third-order valence-electron chi connectivity index (χ3n) is 2.73. The molecule has 0 aliphatic carbocycles. The molecule has 0 aliphatic rings. The van der Waals surface area contributed by atoms with Crippen molar-refractivity contribution in [1.29, 1.82) is 0 Å². The van der Waals surface area contributed by atoms with Crippen LogP contribution in [0.1, 0.15) is 10.4 Å². The molecular weight excluding hydrogens is 298 g/mol. The van der Waals surface area contributed by atoms with Crippen LogP contribution in [0.2, 0.25) is 5.02 Å². The van der Waals surface area contributed by atoms with Crippen molar-refractivity contribution < 1.29 is 14.6 Å². The van der Waals surface area contributed by atoms with Crippen LogP contribution in [0.4, 0.5) is 0 Å². The molecule has 4 nitrogen and oxygen atoms in total. The van der Waals surface area contributed by atoms with Crippen molar-refractivity contribution in [3.05, 3.63) is 53.1 Å². The highest BCUT2D eigenvalue weighted by Crippen LogP contribution is 2.35. The number of rotatable bonds is 3. The van der Waals surface area contributed by atoms with Gasteiger partial charge < -0.3 is 9.84 Å². The first-order chi connectivity index (χ1) is 9.65. The number of halogens is 1. The fourth-order valence-corrected chi connectivity index (χ4v) is 2.71. The fourth-order valence-electron chi connectivity index (χ4n) is 1.80. The molecule has 0 radical (unpaired) electrons. The van der Waals surface area contributed by atoms with Crippen LogP contribution < -0.4 is 4.74 Å². The smallest absolute Gasteiger partial charge is 0.339 e. The van der Waals surface area contributed by atoms with Crippen LogP contribution >= 0.6 is 23.1 Å². The largest absolute Gasteiger partial charge is 0.478 e. The molecule has 1 heterocycles. The second-order valence-corrected chi connectivity index (χ2v) is 5.21. The van der Waals surface area contributed by atoms with E-state index in [1.54, 1.807) is 12.1 Å². The Kier molecular flexibility index (Phi) is 3.30. The maximum Gasteiger partial charge on any atom is 0.339 e. The third-order valence-corrected chi connectivity index (χ3v) is 3.72. The van der Waals surface area contributed by atoms with Gasteiger partial charge >= 0.3 is 5.97 Å². The molecule has 20 heavy (non-hydrogen) atoms. The summed E-state index contributed by atoms with van der Waals surface area (Å²) >= 11 is 6.99. The van der Waals surface area contributed by atoms with Gasteiger partial charge in [-0.25, -0.2) is 4.79 Å². The molecule has 0 unspecified atom stereocenters. The molecule has 0 spiro atoms. The van der Waals surface area contributed by atoms with Crippen LogP contribution in [0.25, 0.3) is 10.9 Å². The van der Waals surface area contributed by atoms with Gasteiger partial charge in [0.2, 0.25) is 5.06 Å². The second-order valence-electron chi connectivity index (χ2n) is 4.03. The first kappa shape index (κ1) is 12.9. The standard InChI is InChI=1S/C14H8ClNO3S/c15-8-5-6-12(10(7-8)13(17)18)19-14-9-3-1-2-4-11(9)16-20-14/h1-7H,(H,17,18). The van der Waals surface area contributed by atoms with Gasteiger partial charge in [0.25, 0.3) is 0 Å². The van der Waals surface area contributed by atoms with E-state index in [9.17, 15) is 9.90 Å².